The van der Waals surface area contributed by atoms with Crippen LogP contribution >= 0.6 is 23.1 Å². The Kier molecular flexibility index (Phi) is 8.88. The molecule has 0 aliphatic heterocycles. The smallest absolute Gasteiger partial charge is 0.239 e. The highest BCUT2D eigenvalue weighted by Gasteiger charge is 2.21. The highest BCUT2D eigenvalue weighted by molar-refractivity contribution is 8.00. The monoisotopic (exact) mass is 525 g/mol. The molecular weight excluding hydrogens is 494 g/mol. The number of rotatable bonds is 9. The number of thiazole rings is 1. The molecule has 1 unspecified atom stereocenters. The average molecular weight is 526 g/mol. The molecule has 2 aromatic carbocycles. The van der Waals surface area contributed by atoms with Crippen LogP contribution in [0.2, 0.25) is 0 Å². The van der Waals surface area contributed by atoms with Gasteiger partial charge in [-0.2, -0.15) is 0 Å². The molecular formula is C27H31N3O4S2. The van der Waals surface area contributed by atoms with Gasteiger partial charge in [-0.15, -0.1) is 23.1 Å². The Morgan fingerprint density at radius 3 is 2.56 bits per heavy atom. The molecule has 3 aromatic rings. The van der Waals surface area contributed by atoms with Crippen LogP contribution in [0.5, 0.6) is 11.5 Å². The summed E-state index contributed by atoms with van der Waals surface area (Å²) in [7, 11) is 3.19. The average Bonchev–Trinajstić information content (AvgIpc) is 3.37. The zero-order valence-corrected chi connectivity index (χ0v) is 22.3. The van der Waals surface area contributed by atoms with Gasteiger partial charge in [-0.25, -0.2) is 4.98 Å². The number of aromatic nitrogens is 1. The van der Waals surface area contributed by atoms with Gasteiger partial charge < -0.3 is 20.1 Å². The molecule has 1 aliphatic carbocycles. The van der Waals surface area contributed by atoms with Crippen LogP contribution in [0.25, 0.3) is 11.3 Å². The number of hydrogen-bond donors (Lipinski definition) is 2. The largest absolute Gasteiger partial charge is 0.493 e. The number of hydrogen-bond acceptors (Lipinski definition) is 7. The summed E-state index contributed by atoms with van der Waals surface area (Å²) < 4.78 is 10.7. The van der Waals surface area contributed by atoms with E-state index in [4.69, 9.17) is 9.47 Å². The molecule has 190 valence electrons. The summed E-state index contributed by atoms with van der Waals surface area (Å²) in [5, 5.41) is 8.05. The van der Waals surface area contributed by atoms with Crippen LogP contribution in [0, 0.1) is 5.92 Å². The molecule has 1 aromatic heterocycles. The lowest BCUT2D eigenvalue weighted by atomic mass is 9.88. The first kappa shape index (κ1) is 26.0. The van der Waals surface area contributed by atoms with Gasteiger partial charge >= 0.3 is 0 Å². The number of carbonyl (C=O) groups is 2. The van der Waals surface area contributed by atoms with Crippen LogP contribution in [0.4, 0.5) is 10.8 Å². The molecule has 4 rings (SSSR count). The van der Waals surface area contributed by atoms with E-state index in [-0.39, 0.29) is 23.0 Å². The van der Waals surface area contributed by atoms with E-state index in [9.17, 15) is 9.59 Å². The number of anilines is 2. The van der Waals surface area contributed by atoms with Crippen molar-refractivity contribution in [2.75, 3.05) is 24.9 Å². The van der Waals surface area contributed by atoms with Crippen molar-refractivity contribution in [2.45, 2.75) is 49.2 Å². The van der Waals surface area contributed by atoms with Gasteiger partial charge in [-0.05, 0) is 56.2 Å². The molecule has 7 nitrogen and oxygen atoms in total. The lowest BCUT2D eigenvalue weighted by Gasteiger charge is -2.21. The molecule has 2 amide bonds. The number of carbonyl (C=O) groups excluding carboxylic acids is 2. The Balaban J connectivity index is 1.34. The normalized spacial score (nSPS) is 14.6. The van der Waals surface area contributed by atoms with Gasteiger partial charge in [0.2, 0.25) is 11.8 Å². The number of nitrogens with zero attached hydrogens (tertiary/aromatic N) is 1. The van der Waals surface area contributed by atoms with E-state index in [0.29, 0.717) is 16.6 Å². The van der Waals surface area contributed by atoms with Gasteiger partial charge in [0.1, 0.15) is 0 Å². The lowest BCUT2D eigenvalue weighted by Crippen LogP contribution is -2.24. The zero-order valence-electron chi connectivity index (χ0n) is 20.7. The minimum atomic E-state index is -0.345. The van der Waals surface area contributed by atoms with Crippen molar-refractivity contribution in [3.05, 3.63) is 47.8 Å². The van der Waals surface area contributed by atoms with Crippen LogP contribution in [0.1, 0.15) is 39.0 Å². The Morgan fingerprint density at radius 1 is 1.03 bits per heavy atom. The van der Waals surface area contributed by atoms with Crippen LogP contribution in [-0.4, -0.2) is 36.3 Å². The summed E-state index contributed by atoms with van der Waals surface area (Å²) in [5.74, 6) is 1.33. The van der Waals surface area contributed by atoms with Crippen LogP contribution in [-0.2, 0) is 9.59 Å². The predicted octanol–water partition coefficient (Wildman–Crippen LogP) is 6.47. The van der Waals surface area contributed by atoms with Crippen molar-refractivity contribution in [3.63, 3.8) is 0 Å². The highest BCUT2D eigenvalue weighted by atomic mass is 32.2. The molecule has 1 aliphatic rings. The van der Waals surface area contributed by atoms with E-state index in [1.165, 1.54) is 29.5 Å². The summed E-state index contributed by atoms with van der Waals surface area (Å²) >= 11 is 2.81. The minimum absolute atomic E-state index is 0.0942. The molecule has 1 fully saturated rings. The van der Waals surface area contributed by atoms with Crippen LogP contribution in [0.15, 0.2) is 52.7 Å². The third-order valence-corrected chi connectivity index (χ3v) is 8.02. The molecule has 2 N–H and O–H groups in total. The van der Waals surface area contributed by atoms with Gasteiger partial charge in [0.05, 0.1) is 25.2 Å². The first-order chi connectivity index (χ1) is 17.5. The summed E-state index contributed by atoms with van der Waals surface area (Å²) in [6.07, 6.45) is 5.38. The Labute approximate surface area is 220 Å². The second-order valence-corrected chi connectivity index (χ2v) is 11.0. The standard InChI is InChI=1S/C27H31N3O4S2/c1-17(36-21-11-7-10-20(15-21)28-26(32)18-8-5-4-6-9-18)25(31)30-27-29-22(16-35-27)19-12-13-23(33-2)24(14-19)34-3/h7,10-18H,4-6,8-9H2,1-3H3,(H,28,32)(H,29,30,31). The van der Waals surface area contributed by atoms with E-state index in [1.807, 2.05) is 54.8 Å². The molecule has 0 spiro atoms. The number of benzene rings is 2. The quantitative estimate of drug-likeness (QED) is 0.312. The molecule has 0 saturated heterocycles. The molecule has 9 heteroatoms. The fourth-order valence-corrected chi connectivity index (χ4v) is 5.83. The first-order valence-corrected chi connectivity index (χ1v) is 13.8. The van der Waals surface area contributed by atoms with Crippen LogP contribution < -0.4 is 20.1 Å². The zero-order chi connectivity index (χ0) is 25.5. The van der Waals surface area contributed by atoms with E-state index in [1.54, 1.807) is 14.2 Å². The van der Waals surface area contributed by atoms with E-state index < -0.39 is 0 Å². The summed E-state index contributed by atoms with van der Waals surface area (Å²) in [6, 6.07) is 13.3. The van der Waals surface area contributed by atoms with Gasteiger partial charge in [-0.3, -0.25) is 9.59 Å². The number of nitrogens with one attached hydrogen (secondary N) is 2. The topological polar surface area (TPSA) is 89.6 Å². The summed E-state index contributed by atoms with van der Waals surface area (Å²) in [5.41, 5.74) is 2.39. The van der Waals surface area contributed by atoms with E-state index in [0.717, 1.165) is 47.5 Å². The van der Waals surface area contributed by atoms with E-state index in [2.05, 4.69) is 15.6 Å². The molecule has 0 bridgehead atoms. The van der Waals surface area contributed by atoms with Crippen LogP contribution in [0.3, 0.4) is 0 Å². The maximum Gasteiger partial charge on any atom is 0.239 e. The van der Waals surface area contributed by atoms with Crippen molar-refractivity contribution in [1.29, 1.82) is 0 Å². The first-order valence-electron chi connectivity index (χ1n) is 12.0. The number of amides is 2. The van der Waals surface area contributed by atoms with Crippen molar-refractivity contribution >= 4 is 45.7 Å². The third-order valence-electron chi connectivity index (χ3n) is 6.17. The molecule has 1 heterocycles. The predicted molar refractivity (Wildman–Crippen MR) is 146 cm³/mol. The highest BCUT2D eigenvalue weighted by Crippen LogP contribution is 2.34. The fourth-order valence-electron chi connectivity index (χ4n) is 4.18. The summed E-state index contributed by atoms with van der Waals surface area (Å²) in [4.78, 5) is 30.9. The second-order valence-electron chi connectivity index (χ2n) is 8.71. The van der Waals surface area contributed by atoms with Gasteiger partial charge in [0.25, 0.3) is 0 Å². The number of methoxy groups -OCH3 is 2. The number of thioether (sulfide) groups is 1. The van der Waals surface area contributed by atoms with Crippen molar-refractivity contribution < 1.29 is 19.1 Å². The summed E-state index contributed by atoms with van der Waals surface area (Å²) in [6.45, 7) is 1.86. The number of ether oxygens (including phenoxy) is 2. The van der Waals surface area contributed by atoms with Crippen molar-refractivity contribution in [2.24, 2.45) is 5.92 Å². The van der Waals surface area contributed by atoms with Crippen molar-refractivity contribution in [1.82, 2.24) is 4.98 Å². The minimum Gasteiger partial charge on any atom is -0.493 e. The Morgan fingerprint density at radius 2 is 1.81 bits per heavy atom. The van der Waals surface area contributed by atoms with Gasteiger partial charge in [0, 0.05) is 27.4 Å². The Hall–Kier alpha value is -3.04. The Bertz CT molecular complexity index is 1210. The molecule has 1 saturated carbocycles. The SMILES string of the molecule is COc1ccc(-c2csc(NC(=O)C(C)Sc3cccc(NC(=O)C4CCCCC4)c3)n2)cc1OC. The molecule has 36 heavy (non-hydrogen) atoms. The van der Waals surface area contributed by atoms with Gasteiger partial charge in [-0.1, -0.05) is 25.3 Å². The second kappa shape index (κ2) is 12.3. The van der Waals surface area contributed by atoms with Crippen molar-refractivity contribution in [3.8, 4) is 22.8 Å². The molecule has 1 atom stereocenters. The maximum atomic E-state index is 12.8. The lowest BCUT2D eigenvalue weighted by molar-refractivity contribution is -0.120. The van der Waals surface area contributed by atoms with E-state index >= 15 is 0 Å². The fraction of sp³-hybridized carbons (Fsp3) is 0.370. The maximum absolute atomic E-state index is 12.8. The van der Waals surface area contributed by atoms with Gasteiger partial charge in [0.15, 0.2) is 16.6 Å². The molecule has 0 radical (unpaired) electrons. The third kappa shape index (κ3) is 6.59.